The van der Waals surface area contributed by atoms with Crippen molar-refractivity contribution in [3.63, 3.8) is 0 Å². The Kier molecular flexibility index (Phi) is 4.13. The molecule has 2 aromatic heterocycles. The molecule has 0 saturated heterocycles. The Bertz CT molecular complexity index is 597. The van der Waals surface area contributed by atoms with E-state index >= 15 is 0 Å². The van der Waals surface area contributed by atoms with Crippen molar-refractivity contribution < 1.29 is 8.42 Å². The fraction of sp³-hybridized carbons (Fsp3) is 0.273. The first-order valence-corrected chi connectivity index (χ1v) is 7.15. The monoisotopic (exact) mass is 281 g/mol. The Morgan fingerprint density at radius 3 is 2.79 bits per heavy atom. The van der Waals surface area contributed by atoms with E-state index in [1.807, 2.05) is 18.2 Å². The Labute approximate surface area is 111 Å². The minimum absolute atomic E-state index is 0.0483. The highest BCUT2D eigenvalue weighted by Crippen LogP contribution is 2.08. The van der Waals surface area contributed by atoms with Crippen LogP contribution in [0.3, 0.4) is 0 Å². The SMILES string of the molecule is CN(CCNc1ccccn1)S(=O)(=O)c1ncc[nH]1. The van der Waals surface area contributed by atoms with Crippen LogP contribution < -0.4 is 5.32 Å². The highest BCUT2D eigenvalue weighted by Gasteiger charge is 2.22. The van der Waals surface area contributed by atoms with Crippen molar-refractivity contribution in [2.75, 3.05) is 25.5 Å². The number of imidazole rings is 1. The maximum absolute atomic E-state index is 12.0. The Morgan fingerprint density at radius 2 is 2.16 bits per heavy atom. The van der Waals surface area contributed by atoms with E-state index in [1.165, 1.54) is 23.7 Å². The molecule has 0 radical (unpaired) electrons. The van der Waals surface area contributed by atoms with E-state index in [-0.39, 0.29) is 5.16 Å². The average molecular weight is 281 g/mol. The molecule has 2 aromatic rings. The van der Waals surface area contributed by atoms with Crippen LogP contribution in [-0.4, -0.2) is 47.8 Å². The number of nitrogens with zero attached hydrogens (tertiary/aromatic N) is 3. The number of pyridine rings is 1. The van der Waals surface area contributed by atoms with Gasteiger partial charge in [-0.2, -0.15) is 4.31 Å². The van der Waals surface area contributed by atoms with Crippen LogP contribution >= 0.6 is 0 Å². The van der Waals surface area contributed by atoms with Gasteiger partial charge in [0.05, 0.1) is 0 Å². The molecule has 0 aliphatic rings. The Hall–Kier alpha value is -1.93. The van der Waals surface area contributed by atoms with Crippen molar-refractivity contribution in [3.8, 4) is 0 Å². The van der Waals surface area contributed by atoms with E-state index in [0.717, 1.165) is 0 Å². The second kappa shape index (κ2) is 5.81. The molecule has 102 valence electrons. The number of aromatic amines is 1. The molecule has 2 N–H and O–H groups in total. The summed E-state index contributed by atoms with van der Waals surface area (Å²) in [6, 6.07) is 5.50. The highest BCUT2D eigenvalue weighted by atomic mass is 32.2. The fourth-order valence-corrected chi connectivity index (χ4v) is 2.51. The van der Waals surface area contributed by atoms with Crippen LogP contribution in [0.1, 0.15) is 0 Å². The quantitative estimate of drug-likeness (QED) is 0.806. The number of nitrogens with one attached hydrogen (secondary N) is 2. The lowest BCUT2D eigenvalue weighted by molar-refractivity contribution is 0.474. The number of anilines is 1. The number of hydrogen-bond acceptors (Lipinski definition) is 5. The van der Waals surface area contributed by atoms with Gasteiger partial charge in [-0.3, -0.25) is 0 Å². The summed E-state index contributed by atoms with van der Waals surface area (Å²) in [5, 5.41) is 3.00. The molecule has 19 heavy (non-hydrogen) atoms. The zero-order valence-electron chi connectivity index (χ0n) is 10.4. The van der Waals surface area contributed by atoms with Crippen LogP contribution in [0.4, 0.5) is 5.82 Å². The minimum atomic E-state index is -3.54. The number of aromatic nitrogens is 3. The van der Waals surface area contributed by atoms with Gasteiger partial charge in [-0.05, 0) is 12.1 Å². The normalized spacial score (nSPS) is 11.7. The van der Waals surface area contributed by atoms with E-state index in [1.54, 1.807) is 6.20 Å². The molecular weight excluding hydrogens is 266 g/mol. The smallest absolute Gasteiger partial charge is 0.276 e. The van der Waals surface area contributed by atoms with E-state index in [9.17, 15) is 8.42 Å². The molecule has 2 heterocycles. The third-order valence-corrected chi connectivity index (χ3v) is 4.24. The van der Waals surface area contributed by atoms with Crippen LogP contribution in [0.5, 0.6) is 0 Å². The van der Waals surface area contributed by atoms with Crippen LogP contribution in [0.15, 0.2) is 41.9 Å². The van der Waals surface area contributed by atoms with Gasteiger partial charge >= 0.3 is 0 Å². The molecule has 0 unspecified atom stereocenters. The minimum Gasteiger partial charge on any atom is -0.369 e. The summed E-state index contributed by atoms with van der Waals surface area (Å²) in [6.45, 7) is 0.785. The zero-order chi connectivity index (χ0) is 13.7. The highest BCUT2D eigenvalue weighted by molar-refractivity contribution is 7.88. The zero-order valence-corrected chi connectivity index (χ0v) is 11.3. The molecule has 0 atom stereocenters. The van der Waals surface area contributed by atoms with Crippen molar-refractivity contribution in [3.05, 3.63) is 36.8 Å². The van der Waals surface area contributed by atoms with E-state index in [2.05, 4.69) is 20.3 Å². The second-order valence-corrected chi connectivity index (χ2v) is 5.82. The topological polar surface area (TPSA) is 91.0 Å². The molecule has 0 amide bonds. The van der Waals surface area contributed by atoms with Crippen LogP contribution in [0.2, 0.25) is 0 Å². The number of H-pyrrole nitrogens is 1. The number of likely N-dealkylation sites (N-methyl/N-ethyl adjacent to an activating group) is 1. The Balaban J connectivity index is 1.90. The molecule has 0 bridgehead atoms. The van der Waals surface area contributed by atoms with Gasteiger partial charge in [0.1, 0.15) is 5.82 Å². The van der Waals surface area contributed by atoms with Crippen molar-refractivity contribution in [2.45, 2.75) is 5.16 Å². The summed E-state index contributed by atoms with van der Waals surface area (Å²) < 4.78 is 25.3. The maximum Gasteiger partial charge on any atom is 0.276 e. The number of sulfonamides is 1. The van der Waals surface area contributed by atoms with Gasteiger partial charge in [-0.1, -0.05) is 6.07 Å². The van der Waals surface area contributed by atoms with Gasteiger partial charge in [0, 0.05) is 38.7 Å². The van der Waals surface area contributed by atoms with Crippen molar-refractivity contribution >= 4 is 15.8 Å². The van der Waals surface area contributed by atoms with Gasteiger partial charge in [-0.25, -0.2) is 18.4 Å². The first kappa shape index (κ1) is 13.5. The predicted molar refractivity (Wildman–Crippen MR) is 71.1 cm³/mol. The molecule has 0 spiro atoms. The van der Waals surface area contributed by atoms with Crippen molar-refractivity contribution in [1.29, 1.82) is 0 Å². The largest absolute Gasteiger partial charge is 0.369 e. The third kappa shape index (κ3) is 3.30. The van der Waals surface area contributed by atoms with Crippen molar-refractivity contribution in [1.82, 2.24) is 19.3 Å². The standard InChI is InChI=1S/C11H15N5O2S/c1-16(19(17,18)11-14-6-7-15-11)9-8-13-10-4-2-3-5-12-10/h2-7H,8-9H2,1H3,(H,12,13)(H,14,15). The average Bonchev–Trinajstić information content (AvgIpc) is 2.94. The molecular formula is C11H15N5O2S. The van der Waals surface area contributed by atoms with Crippen molar-refractivity contribution in [2.24, 2.45) is 0 Å². The molecule has 0 fully saturated rings. The van der Waals surface area contributed by atoms with Gasteiger partial charge in [0.2, 0.25) is 5.16 Å². The summed E-state index contributed by atoms with van der Waals surface area (Å²) in [5.74, 6) is 0.714. The summed E-state index contributed by atoms with van der Waals surface area (Å²) in [6.07, 6.45) is 4.56. The van der Waals surface area contributed by atoms with Crippen LogP contribution in [0, 0.1) is 0 Å². The molecule has 2 rings (SSSR count). The molecule has 0 aromatic carbocycles. The molecule has 0 aliphatic heterocycles. The second-order valence-electron chi connectivity index (χ2n) is 3.86. The van der Waals surface area contributed by atoms with Gasteiger partial charge in [0.15, 0.2) is 0 Å². The molecule has 0 aliphatic carbocycles. The predicted octanol–water partition coefficient (Wildman–Crippen LogP) is 0.537. The third-order valence-electron chi connectivity index (χ3n) is 2.53. The molecule has 0 saturated carbocycles. The lowest BCUT2D eigenvalue weighted by atomic mass is 10.4. The van der Waals surface area contributed by atoms with Crippen LogP contribution in [0.25, 0.3) is 0 Å². The van der Waals surface area contributed by atoms with Gasteiger partial charge in [0.25, 0.3) is 10.0 Å². The van der Waals surface area contributed by atoms with Crippen LogP contribution in [-0.2, 0) is 10.0 Å². The lowest BCUT2D eigenvalue weighted by Gasteiger charge is -2.15. The van der Waals surface area contributed by atoms with E-state index in [4.69, 9.17) is 0 Å². The summed E-state index contributed by atoms with van der Waals surface area (Å²) in [5.41, 5.74) is 0. The van der Waals surface area contributed by atoms with Gasteiger partial charge in [-0.15, -0.1) is 0 Å². The maximum atomic E-state index is 12.0. The van der Waals surface area contributed by atoms with Gasteiger partial charge < -0.3 is 10.3 Å². The lowest BCUT2D eigenvalue weighted by Crippen LogP contribution is -2.32. The first-order valence-electron chi connectivity index (χ1n) is 5.71. The summed E-state index contributed by atoms with van der Waals surface area (Å²) in [4.78, 5) is 10.4. The first-order chi connectivity index (χ1) is 9.10. The van der Waals surface area contributed by atoms with E-state index in [0.29, 0.717) is 18.9 Å². The fourth-order valence-electron chi connectivity index (χ4n) is 1.47. The summed E-state index contributed by atoms with van der Waals surface area (Å²) >= 11 is 0. The summed E-state index contributed by atoms with van der Waals surface area (Å²) in [7, 11) is -2.03. The Morgan fingerprint density at radius 1 is 1.32 bits per heavy atom. The number of hydrogen-bond donors (Lipinski definition) is 2. The van der Waals surface area contributed by atoms with E-state index < -0.39 is 10.0 Å². The molecule has 8 heteroatoms. The molecule has 7 nitrogen and oxygen atoms in total. The number of rotatable bonds is 6.